The fraction of sp³-hybridized carbons (Fsp3) is 0.375. The highest BCUT2D eigenvalue weighted by atomic mass is 35.5. The topological polar surface area (TPSA) is 15.3 Å². The molecule has 1 atom stereocenters. The molecule has 0 bridgehead atoms. The van der Waals surface area contributed by atoms with Crippen molar-refractivity contribution in [1.29, 1.82) is 0 Å². The van der Waals surface area contributed by atoms with Crippen molar-refractivity contribution in [3.63, 3.8) is 0 Å². The molecule has 2 nitrogen and oxygen atoms in total. The molecule has 8 heteroatoms. The molecule has 1 N–H and O–H groups in total. The van der Waals surface area contributed by atoms with Gasteiger partial charge in [0.2, 0.25) is 0 Å². The molecule has 2 heterocycles. The van der Waals surface area contributed by atoms with E-state index in [1.54, 1.807) is 0 Å². The summed E-state index contributed by atoms with van der Waals surface area (Å²) in [6.45, 7) is 3.04. The van der Waals surface area contributed by atoms with Gasteiger partial charge in [-0.15, -0.1) is 12.4 Å². The molecule has 3 rings (SSSR count). The maximum atomic E-state index is 13.6. The molecular formula is C16H17ClF4N2S. The quantitative estimate of drug-likeness (QED) is 0.798. The van der Waals surface area contributed by atoms with Gasteiger partial charge >= 0.3 is 6.18 Å². The number of nitrogens with zero attached hydrogens (tertiary/aromatic N) is 1. The first-order chi connectivity index (χ1) is 11.0. The second kappa shape index (κ2) is 7.82. The Hall–Kier alpha value is -1.15. The molecule has 1 aliphatic rings. The Morgan fingerprint density at radius 2 is 1.79 bits per heavy atom. The van der Waals surface area contributed by atoms with E-state index in [1.807, 2.05) is 16.8 Å². The lowest BCUT2D eigenvalue weighted by molar-refractivity contribution is -0.140. The van der Waals surface area contributed by atoms with Crippen molar-refractivity contribution in [3.8, 4) is 0 Å². The number of piperazine rings is 1. The lowest BCUT2D eigenvalue weighted by Gasteiger charge is -2.35. The molecule has 0 saturated carbocycles. The van der Waals surface area contributed by atoms with Crippen LogP contribution in [0.4, 0.5) is 17.6 Å². The highest BCUT2D eigenvalue weighted by molar-refractivity contribution is 7.08. The molecule has 0 spiro atoms. The van der Waals surface area contributed by atoms with Crippen molar-refractivity contribution in [1.82, 2.24) is 10.2 Å². The molecule has 0 unspecified atom stereocenters. The molecule has 0 amide bonds. The molecule has 0 aliphatic carbocycles. The van der Waals surface area contributed by atoms with E-state index in [-0.39, 0.29) is 18.4 Å². The van der Waals surface area contributed by atoms with Crippen LogP contribution in [0.5, 0.6) is 0 Å². The predicted octanol–water partition coefficient (Wildman–Crippen LogP) is 4.32. The summed E-state index contributed by atoms with van der Waals surface area (Å²) in [5.41, 5.74) is 0.209. The molecule has 132 valence electrons. The van der Waals surface area contributed by atoms with Gasteiger partial charge in [0.15, 0.2) is 0 Å². The lowest BCUT2D eigenvalue weighted by Crippen LogP contribution is -2.45. The fourth-order valence-electron chi connectivity index (χ4n) is 2.92. The van der Waals surface area contributed by atoms with Crippen LogP contribution in [0.3, 0.4) is 0 Å². The van der Waals surface area contributed by atoms with Crippen molar-refractivity contribution in [2.75, 3.05) is 26.2 Å². The molecule has 2 aromatic rings. The van der Waals surface area contributed by atoms with E-state index in [0.717, 1.165) is 43.9 Å². The average Bonchev–Trinajstić information content (AvgIpc) is 3.03. The monoisotopic (exact) mass is 380 g/mol. The van der Waals surface area contributed by atoms with Gasteiger partial charge in [0.25, 0.3) is 0 Å². The number of thiophene rings is 1. The van der Waals surface area contributed by atoms with E-state index < -0.39 is 17.6 Å². The zero-order valence-electron chi connectivity index (χ0n) is 12.6. The minimum Gasteiger partial charge on any atom is -0.314 e. The lowest BCUT2D eigenvalue weighted by atomic mass is 9.96. The summed E-state index contributed by atoms with van der Waals surface area (Å²) >= 11 is 1.50. The summed E-state index contributed by atoms with van der Waals surface area (Å²) < 4.78 is 52.6. The van der Waals surface area contributed by atoms with Crippen molar-refractivity contribution >= 4 is 23.7 Å². The Labute approximate surface area is 147 Å². The van der Waals surface area contributed by atoms with Crippen molar-refractivity contribution in [2.24, 2.45) is 0 Å². The highest BCUT2D eigenvalue weighted by Crippen LogP contribution is 2.36. The molecule has 1 saturated heterocycles. The first-order valence-electron chi connectivity index (χ1n) is 7.30. The average molecular weight is 381 g/mol. The van der Waals surface area contributed by atoms with Gasteiger partial charge < -0.3 is 5.32 Å². The summed E-state index contributed by atoms with van der Waals surface area (Å²) in [7, 11) is 0. The zero-order chi connectivity index (χ0) is 16.4. The van der Waals surface area contributed by atoms with Gasteiger partial charge in [0, 0.05) is 26.2 Å². The summed E-state index contributed by atoms with van der Waals surface area (Å²) in [5, 5.41) is 7.07. The van der Waals surface area contributed by atoms with Crippen molar-refractivity contribution in [3.05, 3.63) is 57.5 Å². The van der Waals surface area contributed by atoms with Gasteiger partial charge in [-0.2, -0.15) is 24.5 Å². The van der Waals surface area contributed by atoms with Crippen LogP contribution in [0.25, 0.3) is 0 Å². The minimum atomic E-state index is -4.69. The number of benzene rings is 1. The van der Waals surface area contributed by atoms with E-state index >= 15 is 0 Å². The third-order valence-electron chi connectivity index (χ3n) is 3.99. The van der Waals surface area contributed by atoms with E-state index in [2.05, 4.69) is 10.2 Å². The third kappa shape index (κ3) is 4.08. The summed E-state index contributed by atoms with van der Waals surface area (Å²) in [6.07, 6.45) is -4.69. The number of hydrogen-bond donors (Lipinski definition) is 1. The Morgan fingerprint density at radius 1 is 1.08 bits per heavy atom. The Morgan fingerprint density at radius 3 is 2.38 bits per heavy atom. The first-order valence-corrected chi connectivity index (χ1v) is 8.24. The van der Waals surface area contributed by atoms with Gasteiger partial charge in [-0.05, 0) is 40.1 Å². The maximum Gasteiger partial charge on any atom is 0.419 e. The third-order valence-corrected chi connectivity index (χ3v) is 4.69. The number of halogens is 5. The normalized spacial score (nSPS) is 17.3. The Kier molecular flexibility index (Phi) is 6.25. The van der Waals surface area contributed by atoms with Crippen LogP contribution in [-0.2, 0) is 6.18 Å². The Bertz CT molecular complexity index is 655. The van der Waals surface area contributed by atoms with Gasteiger partial charge in [-0.1, -0.05) is 6.07 Å². The molecule has 1 aliphatic heterocycles. The predicted molar refractivity (Wildman–Crippen MR) is 89.3 cm³/mol. The summed E-state index contributed by atoms with van der Waals surface area (Å²) in [6, 6.07) is 4.94. The van der Waals surface area contributed by atoms with Crippen LogP contribution in [0.2, 0.25) is 0 Å². The molecule has 0 radical (unpaired) electrons. The van der Waals surface area contributed by atoms with Gasteiger partial charge in [0.05, 0.1) is 11.6 Å². The van der Waals surface area contributed by atoms with Crippen LogP contribution < -0.4 is 5.32 Å². The van der Waals surface area contributed by atoms with Crippen LogP contribution in [-0.4, -0.2) is 31.1 Å². The second-order valence-electron chi connectivity index (χ2n) is 5.48. The maximum absolute atomic E-state index is 13.6. The molecule has 1 aromatic carbocycles. The van der Waals surface area contributed by atoms with Crippen LogP contribution in [0.15, 0.2) is 35.0 Å². The number of hydrogen-bond acceptors (Lipinski definition) is 3. The van der Waals surface area contributed by atoms with Crippen LogP contribution in [0, 0.1) is 5.82 Å². The van der Waals surface area contributed by atoms with Gasteiger partial charge in [-0.3, -0.25) is 4.90 Å². The minimum absolute atomic E-state index is 0. The fourth-order valence-corrected chi connectivity index (χ4v) is 3.59. The van der Waals surface area contributed by atoms with Crippen molar-refractivity contribution < 1.29 is 17.6 Å². The first kappa shape index (κ1) is 19.2. The smallest absolute Gasteiger partial charge is 0.314 e. The van der Waals surface area contributed by atoms with Crippen LogP contribution in [0.1, 0.15) is 22.7 Å². The standard InChI is InChI=1S/C16H16F4N2S.ClH/c17-14-2-1-11(9-13(14)16(18,19)20)15(12-3-8-23-10-12)22-6-4-21-5-7-22;/h1-3,8-10,15,21H,4-7H2;1H/t15-;/m0./s1. The molecule has 24 heavy (non-hydrogen) atoms. The summed E-state index contributed by atoms with van der Waals surface area (Å²) in [4.78, 5) is 2.13. The largest absolute Gasteiger partial charge is 0.419 e. The zero-order valence-corrected chi connectivity index (χ0v) is 14.3. The molecule has 1 fully saturated rings. The number of alkyl halides is 3. The van der Waals surface area contributed by atoms with Gasteiger partial charge in [0.1, 0.15) is 5.82 Å². The molecular weight excluding hydrogens is 364 g/mol. The molecule has 1 aromatic heterocycles. The number of rotatable bonds is 3. The number of nitrogens with one attached hydrogen (secondary N) is 1. The van der Waals surface area contributed by atoms with E-state index in [9.17, 15) is 17.6 Å². The van der Waals surface area contributed by atoms with E-state index in [1.165, 1.54) is 17.4 Å². The van der Waals surface area contributed by atoms with Gasteiger partial charge in [-0.25, -0.2) is 4.39 Å². The van der Waals surface area contributed by atoms with Crippen LogP contribution >= 0.6 is 23.7 Å². The van der Waals surface area contributed by atoms with Crippen molar-refractivity contribution in [2.45, 2.75) is 12.2 Å². The van der Waals surface area contributed by atoms with E-state index in [4.69, 9.17) is 0 Å². The Balaban J connectivity index is 0.00000208. The summed E-state index contributed by atoms with van der Waals surface area (Å²) in [5.74, 6) is -1.23. The SMILES string of the molecule is Cl.Fc1ccc([C@@H](c2ccsc2)N2CCNCC2)cc1C(F)(F)F. The van der Waals surface area contributed by atoms with E-state index in [0.29, 0.717) is 5.56 Å². The second-order valence-corrected chi connectivity index (χ2v) is 6.26. The highest BCUT2D eigenvalue weighted by Gasteiger charge is 2.35.